The maximum atomic E-state index is 11.4. The summed E-state index contributed by atoms with van der Waals surface area (Å²) in [7, 11) is 0. The second-order valence-corrected chi connectivity index (χ2v) is 4.79. The molecule has 0 saturated carbocycles. The Morgan fingerprint density at radius 2 is 2.20 bits per heavy atom. The zero-order chi connectivity index (χ0) is 11.4. The van der Waals surface area contributed by atoms with Gasteiger partial charge in [-0.25, -0.2) is 0 Å². The molecule has 0 aromatic heterocycles. The van der Waals surface area contributed by atoms with Gasteiger partial charge in [0, 0.05) is 22.2 Å². The smallest absolute Gasteiger partial charge is 0.163 e. The highest BCUT2D eigenvalue weighted by Crippen LogP contribution is 2.20. The highest BCUT2D eigenvalue weighted by atomic mass is 79.9. The van der Waals surface area contributed by atoms with E-state index < -0.39 is 11.1 Å². The number of Topliss-reactive ketones (excluding diaryl/α,β-unsaturated/α-hetero) is 1. The molecule has 5 heteroatoms. The molecule has 0 amide bonds. The summed E-state index contributed by atoms with van der Waals surface area (Å²) in [5.41, 5.74) is 1.26. The van der Waals surface area contributed by atoms with Crippen molar-refractivity contribution in [3.05, 3.63) is 33.8 Å². The minimum Gasteiger partial charge on any atom is -0.772 e. The standard InChI is InChI=1S/C10H11BrO3S/c1-2-10(12)8-4-3-7(5-9(8)11)6-15(13)14/h3-5H,2,6H2,1H3,(H,13,14)/p-1. The van der Waals surface area contributed by atoms with Crippen molar-refractivity contribution in [2.45, 2.75) is 19.1 Å². The van der Waals surface area contributed by atoms with Crippen LogP contribution >= 0.6 is 15.9 Å². The maximum absolute atomic E-state index is 11.4. The van der Waals surface area contributed by atoms with Crippen molar-refractivity contribution in [2.24, 2.45) is 0 Å². The average molecular weight is 290 g/mol. The fraction of sp³-hybridized carbons (Fsp3) is 0.300. The van der Waals surface area contributed by atoms with E-state index in [1.165, 1.54) is 0 Å². The van der Waals surface area contributed by atoms with Gasteiger partial charge in [0.2, 0.25) is 0 Å². The van der Waals surface area contributed by atoms with Gasteiger partial charge in [-0.05, 0) is 17.7 Å². The molecule has 0 bridgehead atoms. The number of benzene rings is 1. The largest absolute Gasteiger partial charge is 0.772 e. The molecule has 15 heavy (non-hydrogen) atoms. The zero-order valence-corrected chi connectivity index (χ0v) is 10.6. The van der Waals surface area contributed by atoms with Crippen LogP contribution in [0.2, 0.25) is 0 Å². The van der Waals surface area contributed by atoms with Crippen LogP contribution in [-0.2, 0) is 16.8 Å². The molecular formula is C10H10BrO3S-. The van der Waals surface area contributed by atoms with Gasteiger partial charge in [0.15, 0.2) is 5.78 Å². The van der Waals surface area contributed by atoms with Crippen LogP contribution in [0.15, 0.2) is 22.7 Å². The maximum Gasteiger partial charge on any atom is 0.163 e. The first kappa shape index (κ1) is 12.5. The van der Waals surface area contributed by atoms with Gasteiger partial charge >= 0.3 is 0 Å². The monoisotopic (exact) mass is 289 g/mol. The van der Waals surface area contributed by atoms with E-state index in [9.17, 15) is 13.6 Å². The van der Waals surface area contributed by atoms with Gasteiger partial charge in [0.25, 0.3) is 0 Å². The van der Waals surface area contributed by atoms with Crippen molar-refractivity contribution in [1.82, 2.24) is 0 Å². The number of halogens is 1. The molecule has 0 aliphatic carbocycles. The van der Waals surface area contributed by atoms with Crippen molar-refractivity contribution in [1.29, 1.82) is 0 Å². The van der Waals surface area contributed by atoms with E-state index >= 15 is 0 Å². The highest BCUT2D eigenvalue weighted by Gasteiger charge is 2.08. The van der Waals surface area contributed by atoms with Crippen LogP contribution in [0.25, 0.3) is 0 Å². The lowest BCUT2D eigenvalue weighted by atomic mass is 10.1. The molecule has 0 N–H and O–H groups in total. The Morgan fingerprint density at radius 1 is 1.53 bits per heavy atom. The van der Waals surface area contributed by atoms with Crippen LogP contribution in [0.1, 0.15) is 29.3 Å². The van der Waals surface area contributed by atoms with Crippen LogP contribution in [0.3, 0.4) is 0 Å². The van der Waals surface area contributed by atoms with Gasteiger partial charge in [-0.3, -0.25) is 9.00 Å². The second-order valence-electron chi connectivity index (χ2n) is 3.04. The molecule has 82 valence electrons. The molecule has 0 saturated heterocycles. The molecule has 3 nitrogen and oxygen atoms in total. The summed E-state index contributed by atoms with van der Waals surface area (Å²) < 4.78 is 21.6. The fourth-order valence-corrected chi connectivity index (χ4v) is 2.30. The Labute approximate surface area is 99.3 Å². The summed E-state index contributed by atoms with van der Waals surface area (Å²) in [6.07, 6.45) is 0.436. The Morgan fingerprint density at radius 3 is 2.67 bits per heavy atom. The Kier molecular flexibility index (Phi) is 4.63. The molecule has 0 spiro atoms. The lowest BCUT2D eigenvalue weighted by Gasteiger charge is -2.07. The van der Waals surface area contributed by atoms with Gasteiger partial charge < -0.3 is 4.55 Å². The molecule has 0 aliphatic heterocycles. The van der Waals surface area contributed by atoms with Crippen LogP contribution in [0, 0.1) is 0 Å². The topological polar surface area (TPSA) is 57.2 Å². The van der Waals surface area contributed by atoms with E-state index in [4.69, 9.17) is 0 Å². The van der Waals surface area contributed by atoms with Crippen LogP contribution < -0.4 is 0 Å². The second kappa shape index (κ2) is 5.53. The van der Waals surface area contributed by atoms with Crippen molar-refractivity contribution >= 4 is 32.8 Å². The van der Waals surface area contributed by atoms with Crippen LogP contribution in [0.4, 0.5) is 0 Å². The first-order valence-corrected chi connectivity index (χ1v) is 6.45. The van der Waals surface area contributed by atoms with Gasteiger partial charge in [0.05, 0.1) is 0 Å². The van der Waals surface area contributed by atoms with Crippen molar-refractivity contribution in [2.75, 3.05) is 0 Å². The van der Waals surface area contributed by atoms with E-state index in [-0.39, 0.29) is 11.5 Å². The van der Waals surface area contributed by atoms with Crippen LogP contribution in [0.5, 0.6) is 0 Å². The lowest BCUT2D eigenvalue weighted by molar-refractivity contribution is 0.0987. The normalized spacial score (nSPS) is 12.5. The highest BCUT2D eigenvalue weighted by molar-refractivity contribution is 9.10. The van der Waals surface area contributed by atoms with Crippen molar-refractivity contribution in [3.8, 4) is 0 Å². The molecule has 1 unspecified atom stereocenters. The van der Waals surface area contributed by atoms with Gasteiger partial charge in [-0.15, -0.1) is 0 Å². The summed E-state index contributed by atoms with van der Waals surface area (Å²) in [4.78, 5) is 11.4. The number of carbonyl (C=O) groups is 1. The SMILES string of the molecule is CCC(=O)c1ccc(CS(=O)[O-])cc1Br. The lowest BCUT2D eigenvalue weighted by Crippen LogP contribution is -2.00. The first-order valence-electron chi connectivity index (χ1n) is 4.42. The zero-order valence-electron chi connectivity index (χ0n) is 8.16. The van der Waals surface area contributed by atoms with Gasteiger partial charge in [0.1, 0.15) is 0 Å². The molecule has 0 heterocycles. The Hall–Kier alpha value is -0.520. The van der Waals surface area contributed by atoms with Crippen LogP contribution in [-0.4, -0.2) is 14.5 Å². The van der Waals surface area contributed by atoms with E-state index in [0.29, 0.717) is 22.0 Å². The van der Waals surface area contributed by atoms with Crippen molar-refractivity contribution < 1.29 is 13.6 Å². The summed E-state index contributed by atoms with van der Waals surface area (Å²) in [6.45, 7) is 1.79. The average Bonchev–Trinajstić information content (AvgIpc) is 2.16. The summed E-state index contributed by atoms with van der Waals surface area (Å²) in [6, 6.07) is 4.97. The molecule has 1 rings (SSSR count). The third-order valence-electron chi connectivity index (χ3n) is 1.94. The number of ketones is 1. The molecule has 1 aromatic rings. The molecule has 0 aliphatic rings. The number of hydrogen-bond acceptors (Lipinski definition) is 3. The Bertz CT molecular complexity index is 404. The summed E-state index contributed by atoms with van der Waals surface area (Å²) >= 11 is 1.16. The van der Waals surface area contributed by atoms with E-state index in [0.717, 1.165) is 0 Å². The number of carbonyl (C=O) groups excluding carboxylic acids is 1. The molecule has 0 fully saturated rings. The van der Waals surface area contributed by atoms with Gasteiger partial charge in [-0.1, -0.05) is 40.0 Å². The van der Waals surface area contributed by atoms with Gasteiger partial charge in [-0.2, -0.15) is 0 Å². The van der Waals surface area contributed by atoms with Crippen molar-refractivity contribution in [3.63, 3.8) is 0 Å². The summed E-state index contributed by atoms with van der Waals surface area (Å²) in [5.74, 6) is 0.0100. The quantitative estimate of drug-likeness (QED) is 0.632. The van der Waals surface area contributed by atoms with E-state index in [1.54, 1.807) is 25.1 Å². The summed E-state index contributed by atoms with van der Waals surface area (Å²) in [5, 5.41) is 0. The molecule has 1 aromatic carbocycles. The number of rotatable bonds is 4. The molecular weight excluding hydrogens is 280 g/mol. The van der Waals surface area contributed by atoms with E-state index in [1.807, 2.05) is 0 Å². The molecule has 0 radical (unpaired) electrons. The first-order chi connectivity index (χ1) is 7.04. The third kappa shape index (κ3) is 3.52. The predicted molar refractivity (Wildman–Crippen MR) is 61.4 cm³/mol. The fourth-order valence-electron chi connectivity index (χ4n) is 1.20. The van der Waals surface area contributed by atoms with E-state index in [2.05, 4.69) is 15.9 Å². The third-order valence-corrected chi connectivity index (χ3v) is 3.16. The minimum absolute atomic E-state index is 0.0286. The Balaban J connectivity index is 2.97. The minimum atomic E-state index is -2.10. The molecule has 1 atom stereocenters. The predicted octanol–water partition coefficient (Wildman–Crippen LogP) is 2.42. The number of hydrogen-bond donors (Lipinski definition) is 0.